The number of nitrogens with one attached hydrogen (secondary N) is 2. The predicted octanol–water partition coefficient (Wildman–Crippen LogP) is 0.663. The van der Waals surface area contributed by atoms with E-state index < -0.39 is 0 Å². The number of nitrogens with zero attached hydrogens (tertiary/aromatic N) is 1. The van der Waals surface area contributed by atoms with E-state index in [1.165, 1.54) is 19.3 Å². The molecule has 3 heteroatoms. The molecule has 1 aliphatic rings. The number of rotatable bonds is 2. The number of hydrogen-bond donors (Lipinski definition) is 2. The fourth-order valence-corrected chi connectivity index (χ4v) is 1.75. The van der Waals surface area contributed by atoms with Gasteiger partial charge in [-0.2, -0.15) is 5.43 Å². The fourth-order valence-electron chi connectivity index (χ4n) is 1.75. The van der Waals surface area contributed by atoms with E-state index in [9.17, 15) is 0 Å². The van der Waals surface area contributed by atoms with Crippen LogP contribution in [0.2, 0.25) is 0 Å². The molecule has 0 aliphatic carbocycles. The smallest absolute Gasteiger partial charge is 0.267 e. The standard InChI is InChI=1S/C13H17N3/c1-3-7-12(8-4-1)11-15-16-13-9-5-2-6-10-14-13/h1,3-4,7-8,11H,2,5-6,9-10H2,(H,14,16)/p+1/b15-11+. The minimum absolute atomic E-state index is 1.06. The summed E-state index contributed by atoms with van der Waals surface area (Å²) in [5.74, 6) is 1.14. The number of amidine groups is 1. The van der Waals surface area contributed by atoms with E-state index in [0.29, 0.717) is 0 Å². The Kier molecular flexibility index (Phi) is 4.11. The molecule has 1 heterocycles. The van der Waals surface area contributed by atoms with Gasteiger partial charge in [0.25, 0.3) is 5.84 Å². The Morgan fingerprint density at radius 3 is 2.88 bits per heavy atom. The van der Waals surface area contributed by atoms with Crippen molar-refractivity contribution in [1.82, 2.24) is 5.43 Å². The van der Waals surface area contributed by atoms with Gasteiger partial charge >= 0.3 is 0 Å². The summed E-state index contributed by atoms with van der Waals surface area (Å²) in [6.45, 7) is 1.06. The van der Waals surface area contributed by atoms with Crippen LogP contribution in [0.4, 0.5) is 0 Å². The van der Waals surface area contributed by atoms with Crippen LogP contribution >= 0.6 is 0 Å². The molecule has 16 heavy (non-hydrogen) atoms. The second-order valence-corrected chi connectivity index (χ2v) is 4.00. The first kappa shape index (κ1) is 10.9. The molecule has 0 saturated heterocycles. The van der Waals surface area contributed by atoms with Crippen molar-refractivity contribution < 1.29 is 4.99 Å². The lowest BCUT2D eigenvalue weighted by molar-refractivity contribution is -0.459. The van der Waals surface area contributed by atoms with E-state index in [2.05, 4.69) is 15.5 Å². The molecule has 1 aromatic rings. The Balaban J connectivity index is 1.86. The Labute approximate surface area is 96.3 Å². The maximum absolute atomic E-state index is 4.23. The third kappa shape index (κ3) is 3.50. The molecule has 1 aliphatic heterocycles. The first-order valence-corrected chi connectivity index (χ1v) is 5.89. The van der Waals surface area contributed by atoms with Gasteiger partial charge < -0.3 is 0 Å². The number of hydrogen-bond acceptors (Lipinski definition) is 2. The summed E-state index contributed by atoms with van der Waals surface area (Å²) in [5, 5.41) is 4.23. The van der Waals surface area contributed by atoms with Crippen LogP contribution in [-0.2, 0) is 0 Å². The molecule has 0 fully saturated rings. The molecule has 3 nitrogen and oxygen atoms in total. The van der Waals surface area contributed by atoms with Crippen molar-refractivity contribution in [3.8, 4) is 0 Å². The van der Waals surface area contributed by atoms with Crippen LogP contribution in [-0.4, -0.2) is 18.6 Å². The summed E-state index contributed by atoms with van der Waals surface area (Å²) in [4.78, 5) is 3.36. The van der Waals surface area contributed by atoms with E-state index in [0.717, 1.165) is 24.4 Å². The van der Waals surface area contributed by atoms with E-state index >= 15 is 0 Å². The monoisotopic (exact) mass is 216 g/mol. The molecule has 0 aromatic heterocycles. The van der Waals surface area contributed by atoms with Crippen molar-refractivity contribution in [2.45, 2.75) is 25.7 Å². The number of benzene rings is 1. The molecule has 0 bridgehead atoms. The lowest BCUT2D eigenvalue weighted by atomic mass is 10.2. The third-order valence-corrected chi connectivity index (χ3v) is 2.65. The highest BCUT2D eigenvalue weighted by Crippen LogP contribution is 1.99. The quantitative estimate of drug-likeness (QED) is 0.553. The van der Waals surface area contributed by atoms with E-state index in [1.807, 2.05) is 36.5 Å². The molecule has 0 amide bonds. The summed E-state index contributed by atoms with van der Waals surface area (Å²) in [7, 11) is 0. The van der Waals surface area contributed by atoms with Crippen molar-refractivity contribution in [2.24, 2.45) is 5.10 Å². The van der Waals surface area contributed by atoms with Gasteiger partial charge in [0, 0.05) is 0 Å². The molecule has 2 rings (SSSR count). The van der Waals surface area contributed by atoms with Crippen LogP contribution in [0.1, 0.15) is 31.2 Å². The van der Waals surface area contributed by atoms with Crippen molar-refractivity contribution in [1.29, 1.82) is 0 Å². The normalized spacial score (nSPS) is 16.9. The lowest BCUT2D eigenvalue weighted by Gasteiger charge is -1.94. The second kappa shape index (κ2) is 6.05. The van der Waals surface area contributed by atoms with Crippen LogP contribution in [0.3, 0.4) is 0 Å². The summed E-state index contributed by atoms with van der Waals surface area (Å²) in [6, 6.07) is 10.1. The predicted molar refractivity (Wildman–Crippen MR) is 66.5 cm³/mol. The van der Waals surface area contributed by atoms with Crippen LogP contribution in [0.15, 0.2) is 35.4 Å². The van der Waals surface area contributed by atoms with Gasteiger partial charge in [-0.15, -0.1) is 0 Å². The van der Waals surface area contributed by atoms with Crippen molar-refractivity contribution in [2.75, 3.05) is 6.54 Å². The minimum Gasteiger partial charge on any atom is -0.277 e. The Bertz CT molecular complexity index is 368. The number of hydrazone groups is 1. The fraction of sp³-hybridized carbons (Fsp3) is 0.385. The van der Waals surface area contributed by atoms with Gasteiger partial charge in [0.1, 0.15) is 0 Å². The van der Waals surface area contributed by atoms with E-state index in [-0.39, 0.29) is 0 Å². The zero-order valence-corrected chi connectivity index (χ0v) is 9.45. The average Bonchev–Trinajstić information content (AvgIpc) is 2.59. The topological polar surface area (TPSA) is 38.4 Å². The van der Waals surface area contributed by atoms with Crippen LogP contribution < -0.4 is 10.4 Å². The lowest BCUT2D eigenvalue weighted by Crippen LogP contribution is -2.75. The van der Waals surface area contributed by atoms with Gasteiger partial charge in [0.2, 0.25) is 0 Å². The molecule has 0 unspecified atom stereocenters. The van der Waals surface area contributed by atoms with E-state index in [4.69, 9.17) is 0 Å². The van der Waals surface area contributed by atoms with Crippen LogP contribution in [0.25, 0.3) is 0 Å². The van der Waals surface area contributed by atoms with Gasteiger partial charge in [-0.25, -0.2) is 0 Å². The van der Waals surface area contributed by atoms with Gasteiger partial charge in [-0.3, -0.25) is 4.99 Å². The van der Waals surface area contributed by atoms with E-state index in [1.54, 1.807) is 0 Å². The van der Waals surface area contributed by atoms with Crippen molar-refractivity contribution in [3.63, 3.8) is 0 Å². The minimum atomic E-state index is 1.06. The van der Waals surface area contributed by atoms with Gasteiger partial charge in [0.15, 0.2) is 0 Å². The zero-order chi connectivity index (χ0) is 11.1. The molecule has 0 radical (unpaired) electrons. The first-order chi connectivity index (χ1) is 7.95. The first-order valence-electron chi connectivity index (χ1n) is 5.89. The molecule has 2 N–H and O–H groups in total. The zero-order valence-electron chi connectivity index (χ0n) is 9.45. The second-order valence-electron chi connectivity index (χ2n) is 4.00. The molecular weight excluding hydrogens is 198 g/mol. The summed E-state index contributed by atoms with van der Waals surface area (Å²) >= 11 is 0. The molecule has 1 aromatic carbocycles. The Morgan fingerprint density at radius 2 is 2.00 bits per heavy atom. The van der Waals surface area contributed by atoms with Gasteiger partial charge in [-0.05, 0) is 24.8 Å². The highest BCUT2D eigenvalue weighted by Gasteiger charge is 2.07. The summed E-state index contributed by atoms with van der Waals surface area (Å²) in [6.07, 6.45) is 6.73. The molecule has 84 valence electrons. The SMILES string of the molecule is C(=N\NC1=[NH+]CCCCC1)/c1ccccc1. The molecular formula is C13H18N3+. The highest BCUT2D eigenvalue weighted by molar-refractivity contribution is 5.82. The maximum atomic E-state index is 4.23. The summed E-state index contributed by atoms with van der Waals surface area (Å²) < 4.78 is 0. The van der Waals surface area contributed by atoms with Crippen molar-refractivity contribution in [3.05, 3.63) is 35.9 Å². The Hall–Kier alpha value is -1.64. The largest absolute Gasteiger partial charge is 0.277 e. The highest BCUT2D eigenvalue weighted by atomic mass is 15.3. The van der Waals surface area contributed by atoms with Gasteiger partial charge in [0.05, 0.1) is 19.2 Å². The Morgan fingerprint density at radius 1 is 1.12 bits per heavy atom. The average molecular weight is 216 g/mol. The van der Waals surface area contributed by atoms with Gasteiger partial charge in [-0.1, -0.05) is 35.4 Å². The molecule has 0 atom stereocenters. The van der Waals surface area contributed by atoms with Crippen LogP contribution in [0, 0.1) is 0 Å². The molecule has 0 saturated carbocycles. The maximum Gasteiger partial charge on any atom is 0.267 e. The van der Waals surface area contributed by atoms with Crippen molar-refractivity contribution >= 4 is 12.1 Å². The molecule has 0 spiro atoms. The van der Waals surface area contributed by atoms with Crippen LogP contribution in [0.5, 0.6) is 0 Å². The third-order valence-electron chi connectivity index (χ3n) is 2.65. The summed E-state index contributed by atoms with van der Waals surface area (Å²) in [5.41, 5.74) is 4.20.